The van der Waals surface area contributed by atoms with E-state index < -0.39 is 0 Å². The molecule has 1 heterocycles. The van der Waals surface area contributed by atoms with Crippen LogP contribution in [0.3, 0.4) is 0 Å². The summed E-state index contributed by atoms with van der Waals surface area (Å²) in [6.45, 7) is 3.54. The summed E-state index contributed by atoms with van der Waals surface area (Å²) in [5.41, 5.74) is 2.13. The highest BCUT2D eigenvalue weighted by atomic mass is 35.5. The molecule has 2 aromatic carbocycles. The van der Waals surface area contributed by atoms with Gasteiger partial charge >= 0.3 is 6.03 Å². The molecule has 3 rings (SSSR count). The first-order valence-electron chi connectivity index (χ1n) is 8.83. The van der Waals surface area contributed by atoms with Crippen LogP contribution in [0.5, 0.6) is 5.75 Å². The molecular weight excluding hydrogens is 350 g/mol. The number of ether oxygens (including phenoxy) is 1. The second-order valence-corrected chi connectivity index (χ2v) is 6.63. The van der Waals surface area contributed by atoms with Crippen molar-refractivity contribution in [3.05, 3.63) is 59.1 Å². The average molecular weight is 374 g/mol. The van der Waals surface area contributed by atoms with Gasteiger partial charge in [-0.05, 0) is 30.2 Å². The molecule has 0 unspecified atom stereocenters. The van der Waals surface area contributed by atoms with Gasteiger partial charge < -0.3 is 19.9 Å². The molecule has 1 N–H and O–H groups in total. The Balaban J connectivity index is 1.47. The van der Waals surface area contributed by atoms with Crippen molar-refractivity contribution in [3.63, 3.8) is 0 Å². The molecule has 0 radical (unpaired) electrons. The van der Waals surface area contributed by atoms with Gasteiger partial charge in [0, 0.05) is 37.7 Å². The minimum absolute atomic E-state index is 0.0169. The summed E-state index contributed by atoms with van der Waals surface area (Å²) in [7, 11) is 1.68. The molecule has 138 valence electrons. The van der Waals surface area contributed by atoms with E-state index in [1.54, 1.807) is 7.11 Å². The van der Waals surface area contributed by atoms with Crippen LogP contribution in [0.4, 0.5) is 10.5 Å². The van der Waals surface area contributed by atoms with Crippen LogP contribution >= 0.6 is 11.6 Å². The van der Waals surface area contributed by atoms with E-state index in [2.05, 4.69) is 16.3 Å². The average Bonchev–Trinajstić information content (AvgIpc) is 2.69. The van der Waals surface area contributed by atoms with Crippen LogP contribution in [-0.4, -0.2) is 50.8 Å². The van der Waals surface area contributed by atoms with Crippen molar-refractivity contribution < 1.29 is 9.53 Å². The van der Waals surface area contributed by atoms with Crippen molar-refractivity contribution in [2.24, 2.45) is 0 Å². The zero-order chi connectivity index (χ0) is 18.4. The summed E-state index contributed by atoms with van der Waals surface area (Å²) >= 11 is 6.15. The number of para-hydroxylation sites is 2. The molecular formula is C20H24ClN3O2. The highest BCUT2D eigenvalue weighted by Gasteiger charge is 2.22. The summed E-state index contributed by atoms with van der Waals surface area (Å²) in [5.74, 6) is 0.866. The number of hydrogen-bond acceptors (Lipinski definition) is 3. The first-order valence-corrected chi connectivity index (χ1v) is 9.21. The molecule has 2 amide bonds. The Bertz CT molecular complexity index is 745. The number of nitrogens with zero attached hydrogens (tertiary/aromatic N) is 2. The second kappa shape index (κ2) is 8.81. The number of piperazine rings is 1. The molecule has 1 aliphatic heterocycles. The lowest BCUT2D eigenvalue weighted by Gasteiger charge is -2.36. The largest absolute Gasteiger partial charge is 0.495 e. The van der Waals surface area contributed by atoms with Crippen LogP contribution < -0.4 is 15.0 Å². The van der Waals surface area contributed by atoms with Gasteiger partial charge in [-0.15, -0.1) is 0 Å². The summed E-state index contributed by atoms with van der Waals surface area (Å²) < 4.78 is 5.43. The van der Waals surface area contributed by atoms with Crippen molar-refractivity contribution in [2.45, 2.75) is 6.42 Å². The van der Waals surface area contributed by atoms with Crippen LogP contribution in [0.25, 0.3) is 0 Å². The van der Waals surface area contributed by atoms with Crippen LogP contribution in [-0.2, 0) is 6.42 Å². The molecule has 0 saturated carbocycles. The third-order valence-electron chi connectivity index (χ3n) is 4.62. The number of anilines is 1. The molecule has 0 atom stereocenters. The predicted molar refractivity (Wildman–Crippen MR) is 105 cm³/mol. The van der Waals surface area contributed by atoms with E-state index in [0.717, 1.165) is 41.5 Å². The van der Waals surface area contributed by atoms with E-state index in [1.165, 1.54) is 0 Å². The maximum atomic E-state index is 12.4. The quantitative estimate of drug-likeness (QED) is 0.873. The minimum Gasteiger partial charge on any atom is -0.495 e. The molecule has 2 aromatic rings. The van der Waals surface area contributed by atoms with Crippen molar-refractivity contribution in [1.29, 1.82) is 0 Å². The van der Waals surface area contributed by atoms with Gasteiger partial charge in [0.25, 0.3) is 0 Å². The Hall–Kier alpha value is -2.40. The predicted octanol–water partition coefficient (Wildman–Crippen LogP) is 3.42. The van der Waals surface area contributed by atoms with Crippen LogP contribution in [0.1, 0.15) is 5.56 Å². The summed E-state index contributed by atoms with van der Waals surface area (Å²) in [6.07, 6.45) is 0.729. The van der Waals surface area contributed by atoms with Gasteiger partial charge in [0.1, 0.15) is 5.75 Å². The van der Waals surface area contributed by atoms with Crippen LogP contribution in [0.15, 0.2) is 48.5 Å². The standard InChI is InChI=1S/C20H24ClN3O2/c1-26-19-9-5-4-8-18(19)23-12-14-24(15-13-23)20(25)22-11-10-16-6-2-3-7-17(16)21/h2-9H,10-15H2,1H3,(H,22,25). The third-order valence-corrected chi connectivity index (χ3v) is 4.99. The molecule has 26 heavy (non-hydrogen) atoms. The van der Waals surface area contributed by atoms with Crippen molar-refractivity contribution in [2.75, 3.05) is 44.7 Å². The van der Waals surface area contributed by atoms with Gasteiger partial charge in [0.2, 0.25) is 0 Å². The van der Waals surface area contributed by atoms with Gasteiger partial charge in [0.15, 0.2) is 0 Å². The topological polar surface area (TPSA) is 44.8 Å². The maximum Gasteiger partial charge on any atom is 0.317 e. The van der Waals surface area contributed by atoms with Gasteiger partial charge in [-0.3, -0.25) is 0 Å². The SMILES string of the molecule is COc1ccccc1N1CCN(C(=O)NCCc2ccccc2Cl)CC1. The minimum atomic E-state index is -0.0169. The Kier molecular flexibility index (Phi) is 6.23. The van der Waals surface area contributed by atoms with Crippen LogP contribution in [0, 0.1) is 0 Å². The number of hydrogen-bond donors (Lipinski definition) is 1. The van der Waals surface area contributed by atoms with Gasteiger partial charge in [-0.25, -0.2) is 4.79 Å². The van der Waals surface area contributed by atoms with E-state index >= 15 is 0 Å². The Morgan fingerprint density at radius 2 is 1.77 bits per heavy atom. The molecule has 1 saturated heterocycles. The van der Waals surface area contributed by atoms with Crippen molar-refractivity contribution in [1.82, 2.24) is 10.2 Å². The number of amides is 2. The fourth-order valence-electron chi connectivity index (χ4n) is 3.16. The number of urea groups is 1. The number of methoxy groups -OCH3 is 1. The number of carbonyl (C=O) groups is 1. The maximum absolute atomic E-state index is 12.4. The van der Waals surface area contributed by atoms with Crippen molar-refractivity contribution in [3.8, 4) is 5.75 Å². The van der Waals surface area contributed by atoms with Gasteiger partial charge in [-0.2, -0.15) is 0 Å². The molecule has 1 fully saturated rings. The molecule has 0 aliphatic carbocycles. The van der Waals surface area contributed by atoms with E-state index in [9.17, 15) is 4.79 Å². The number of nitrogens with one attached hydrogen (secondary N) is 1. The van der Waals surface area contributed by atoms with Gasteiger partial charge in [0.05, 0.1) is 12.8 Å². The summed E-state index contributed by atoms with van der Waals surface area (Å²) in [4.78, 5) is 16.5. The molecule has 5 nitrogen and oxygen atoms in total. The zero-order valence-electron chi connectivity index (χ0n) is 15.0. The Labute approximate surface area is 159 Å². The number of halogens is 1. The Morgan fingerprint density at radius 1 is 1.08 bits per heavy atom. The van der Waals surface area contributed by atoms with Gasteiger partial charge in [-0.1, -0.05) is 41.9 Å². The summed E-state index contributed by atoms with van der Waals surface area (Å²) in [6, 6.07) is 15.7. The Morgan fingerprint density at radius 3 is 2.50 bits per heavy atom. The monoisotopic (exact) mass is 373 g/mol. The van der Waals surface area contributed by atoms with Crippen LogP contribution in [0.2, 0.25) is 5.02 Å². The fourth-order valence-corrected chi connectivity index (χ4v) is 3.39. The molecule has 0 spiro atoms. The third kappa shape index (κ3) is 4.41. The first-order chi connectivity index (χ1) is 12.7. The smallest absolute Gasteiger partial charge is 0.317 e. The first kappa shape index (κ1) is 18.4. The molecule has 6 heteroatoms. The molecule has 0 bridgehead atoms. The molecule has 1 aliphatic rings. The highest BCUT2D eigenvalue weighted by molar-refractivity contribution is 6.31. The van der Waals surface area contributed by atoms with E-state index in [4.69, 9.17) is 16.3 Å². The highest BCUT2D eigenvalue weighted by Crippen LogP contribution is 2.28. The lowest BCUT2D eigenvalue weighted by Crippen LogP contribution is -2.52. The van der Waals surface area contributed by atoms with E-state index in [-0.39, 0.29) is 6.03 Å². The lowest BCUT2D eigenvalue weighted by molar-refractivity contribution is 0.194. The summed E-state index contributed by atoms with van der Waals surface area (Å²) in [5, 5.41) is 3.73. The van der Waals surface area contributed by atoms with E-state index in [0.29, 0.717) is 19.6 Å². The lowest BCUT2D eigenvalue weighted by atomic mass is 10.1. The number of benzene rings is 2. The number of carbonyl (C=O) groups excluding carboxylic acids is 1. The zero-order valence-corrected chi connectivity index (χ0v) is 15.7. The number of rotatable bonds is 5. The normalized spacial score (nSPS) is 14.2. The second-order valence-electron chi connectivity index (χ2n) is 6.22. The van der Waals surface area contributed by atoms with Crippen molar-refractivity contribution >= 4 is 23.3 Å². The van der Waals surface area contributed by atoms with E-state index in [1.807, 2.05) is 47.4 Å². The fraction of sp³-hybridized carbons (Fsp3) is 0.350. The molecule has 0 aromatic heterocycles.